The van der Waals surface area contributed by atoms with Crippen LogP contribution in [0.25, 0.3) is 0 Å². The third-order valence-electron chi connectivity index (χ3n) is 1.78. The zero-order valence-corrected chi connectivity index (χ0v) is 10.5. The van der Waals surface area contributed by atoms with Gasteiger partial charge in [-0.15, -0.1) is 11.3 Å². The van der Waals surface area contributed by atoms with Gasteiger partial charge in [-0.2, -0.15) is 0 Å². The van der Waals surface area contributed by atoms with Gasteiger partial charge in [0.15, 0.2) is 6.10 Å². The molecule has 1 aromatic rings. The first-order valence-electron chi connectivity index (χ1n) is 4.78. The molecule has 1 N–H and O–H groups in total. The van der Waals surface area contributed by atoms with Crippen LogP contribution in [0.2, 0.25) is 4.34 Å². The van der Waals surface area contributed by atoms with E-state index in [-0.39, 0.29) is 5.91 Å². The molecule has 6 heteroatoms. The second kappa shape index (κ2) is 5.86. The van der Waals surface area contributed by atoms with E-state index in [0.29, 0.717) is 15.8 Å². The maximum absolute atomic E-state index is 11.5. The Morgan fingerprint density at radius 1 is 1.56 bits per heavy atom. The lowest BCUT2D eigenvalue weighted by Crippen LogP contribution is -2.35. The van der Waals surface area contributed by atoms with Gasteiger partial charge in [-0.25, -0.2) is 4.79 Å². The molecule has 4 nitrogen and oxygen atoms in total. The number of halogens is 1. The van der Waals surface area contributed by atoms with E-state index in [1.54, 1.807) is 19.1 Å². The van der Waals surface area contributed by atoms with E-state index >= 15 is 0 Å². The predicted octanol–water partition coefficient (Wildman–Crippen LogP) is 2.08. The Balaban J connectivity index is 2.54. The van der Waals surface area contributed by atoms with Crippen molar-refractivity contribution in [3.05, 3.63) is 21.3 Å². The van der Waals surface area contributed by atoms with Crippen LogP contribution < -0.4 is 5.32 Å². The average Bonchev–Trinajstić information content (AvgIpc) is 2.65. The van der Waals surface area contributed by atoms with Crippen molar-refractivity contribution in [3.8, 4) is 0 Å². The molecule has 0 aliphatic rings. The second-order valence-electron chi connectivity index (χ2n) is 3.05. The summed E-state index contributed by atoms with van der Waals surface area (Å²) in [5.41, 5.74) is 0. The van der Waals surface area contributed by atoms with Crippen molar-refractivity contribution in [2.75, 3.05) is 6.54 Å². The van der Waals surface area contributed by atoms with Gasteiger partial charge in [-0.05, 0) is 26.0 Å². The second-order valence-corrected chi connectivity index (χ2v) is 4.76. The minimum absolute atomic E-state index is 0.307. The molecule has 1 aromatic heterocycles. The number of nitrogens with one attached hydrogen (secondary N) is 1. The zero-order chi connectivity index (χ0) is 12.1. The summed E-state index contributed by atoms with van der Waals surface area (Å²) in [7, 11) is 0. The number of hydrogen-bond acceptors (Lipinski definition) is 4. The summed E-state index contributed by atoms with van der Waals surface area (Å²) in [4.78, 5) is 23.2. The number of likely N-dealkylation sites (N-methyl/N-ethyl adjacent to an activating group) is 1. The van der Waals surface area contributed by atoms with Gasteiger partial charge in [0.2, 0.25) is 0 Å². The molecule has 88 valence electrons. The molecule has 0 spiro atoms. The standard InChI is InChI=1S/C10H12ClNO3S/c1-3-12-9(13)6(2)15-10(14)7-4-5-8(11)16-7/h4-6H,3H2,1-2H3,(H,12,13)/t6-/m0/s1. The molecular weight excluding hydrogens is 250 g/mol. The van der Waals surface area contributed by atoms with Gasteiger partial charge in [0.05, 0.1) is 4.34 Å². The first-order valence-corrected chi connectivity index (χ1v) is 5.98. The van der Waals surface area contributed by atoms with Crippen molar-refractivity contribution in [2.24, 2.45) is 0 Å². The molecule has 0 aromatic carbocycles. The SMILES string of the molecule is CCNC(=O)[C@H](C)OC(=O)c1ccc(Cl)s1. The zero-order valence-electron chi connectivity index (χ0n) is 8.95. The Bertz CT molecular complexity index is 391. The lowest BCUT2D eigenvalue weighted by Gasteiger charge is -2.11. The number of amides is 1. The number of esters is 1. The predicted molar refractivity (Wildman–Crippen MR) is 62.9 cm³/mol. The normalized spacial score (nSPS) is 11.9. The van der Waals surface area contributed by atoms with Gasteiger partial charge in [-0.1, -0.05) is 11.6 Å². The topological polar surface area (TPSA) is 55.4 Å². The Morgan fingerprint density at radius 3 is 2.75 bits per heavy atom. The van der Waals surface area contributed by atoms with Crippen LogP contribution in [0, 0.1) is 0 Å². The summed E-state index contributed by atoms with van der Waals surface area (Å²) in [6, 6.07) is 3.18. The smallest absolute Gasteiger partial charge is 0.349 e. The molecule has 0 aliphatic carbocycles. The number of ether oxygens (including phenoxy) is 1. The average molecular weight is 262 g/mol. The maximum Gasteiger partial charge on any atom is 0.349 e. The highest BCUT2D eigenvalue weighted by atomic mass is 35.5. The van der Waals surface area contributed by atoms with Crippen molar-refractivity contribution < 1.29 is 14.3 Å². The van der Waals surface area contributed by atoms with Gasteiger partial charge in [0.1, 0.15) is 4.88 Å². The van der Waals surface area contributed by atoms with E-state index < -0.39 is 12.1 Å². The van der Waals surface area contributed by atoms with E-state index in [1.165, 1.54) is 6.92 Å². The number of carbonyl (C=O) groups excluding carboxylic acids is 2. The van der Waals surface area contributed by atoms with Gasteiger partial charge >= 0.3 is 5.97 Å². The highest BCUT2D eigenvalue weighted by Gasteiger charge is 2.19. The van der Waals surface area contributed by atoms with Gasteiger partial charge in [-0.3, -0.25) is 4.79 Å². The number of hydrogen-bond donors (Lipinski definition) is 1. The van der Waals surface area contributed by atoms with Crippen LogP contribution in [0.15, 0.2) is 12.1 Å². The van der Waals surface area contributed by atoms with E-state index in [0.717, 1.165) is 11.3 Å². The van der Waals surface area contributed by atoms with Crippen LogP contribution >= 0.6 is 22.9 Å². The summed E-state index contributed by atoms with van der Waals surface area (Å²) in [5.74, 6) is -0.839. The van der Waals surface area contributed by atoms with Gasteiger partial charge in [0, 0.05) is 6.54 Å². The Labute approximate surface area is 103 Å². The van der Waals surface area contributed by atoms with Crippen molar-refractivity contribution >= 4 is 34.8 Å². The molecule has 1 atom stereocenters. The Kier molecular flexibility index (Phi) is 4.76. The van der Waals surface area contributed by atoms with E-state index in [9.17, 15) is 9.59 Å². The minimum atomic E-state index is -0.798. The first kappa shape index (κ1) is 13.0. The fourth-order valence-corrected chi connectivity index (χ4v) is 1.94. The van der Waals surface area contributed by atoms with Crippen molar-refractivity contribution in [1.82, 2.24) is 5.32 Å². The first-order chi connectivity index (χ1) is 7.54. The molecule has 0 fully saturated rings. The number of carbonyl (C=O) groups is 2. The third-order valence-corrected chi connectivity index (χ3v) is 2.99. The molecule has 0 saturated heterocycles. The van der Waals surface area contributed by atoms with E-state index in [2.05, 4.69) is 5.32 Å². The fraction of sp³-hybridized carbons (Fsp3) is 0.400. The summed E-state index contributed by atoms with van der Waals surface area (Å²) < 4.78 is 5.48. The molecule has 0 unspecified atom stereocenters. The van der Waals surface area contributed by atoms with Gasteiger partial charge in [0.25, 0.3) is 5.91 Å². The third kappa shape index (κ3) is 3.50. The summed E-state index contributed by atoms with van der Waals surface area (Å²) >= 11 is 6.81. The van der Waals surface area contributed by atoms with Crippen molar-refractivity contribution in [2.45, 2.75) is 20.0 Å². The van der Waals surface area contributed by atoms with Crippen molar-refractivity contribution in [1.29, 1.82) is 0 Å². The van der Waals surface area contributed by atoms with Crippen LogP contribution in [0.3, 0.4) is 0 Å². The lowest BCUT2D eigenvalue weighted by atomic mass is 10.3. The Morgan fingerprint density at radius 2 is 2.25 bits per heavy atom. The quantitative estimate of drug-likeness (QED) is 0.845. The van der Waals surface area contributed by atoms with Crippen molar-refractivity contribution in [3.63, 3.8) is 0 Å². The number of thiophene rings is 1. The molecule has 1 amide bonds. The van der Waals surface area contributed by atoms with E-state index in [1.807, 2.05) is 0 Å². The maximum atomic E-state index is 11.5. The molecule has 0 bridgehead atoms. The highest BCUT2D eigenvalue weighted by Crippen LogP contribution is 2.22. The van der Waals surface area contributed by atoms with Crippen LogP contribution in [0.4, 0.5) is 0 Å². The lowest BCUT2D eigenvalue weighted by molar-refractivity contribution is -0.128. The fourth-order valence-electron chi connectivity index (χ4n) is 1.01. The minimum Gasteiger partial charge on any atom is -0.448 e. The van der Waals surface area contributed by atoms with Crippen LogP contribution in [0.5, 0.6) is 0 Å². The summed E-state index contributed by atoms with van der Waals surface area (Å²) in [6.45, 7) is 3.83. The summed E-state index contributed by atoms with van der Waals surface area (Å²) in [6.07, 6.45) is -0.798. The van der Waals surface area contributed by atoms with Crippen LogP contribution in [-0.4, -0.2) is 24.5 Å². The molecule has 0 radical (unpaired) electrons. The molecule has 1 heterocycles. The monoisotopic (exact) mass is 261 g/mol. The molecule has 1 rings (SSSR count). The highest BCUT2D eigenvalue weighted by molar-refractivity contribution is 7.17. The molecule has 0 aliphatic heterocycles. The van der Waals surface area contributed by atoms with Crippen LogP contribution in [-0.2, 0) is 9.53 Å². The largest absolute Gasteiger partial charge is 0.448 e. The molecule has 16 heavy (non-hydrogen) atoms. The van der Waals surface area contributed by atoms with Crippen LogP contribution in [0.1, 0.15) is 23.5 Å². The molecule has 0 saturated carbocycles. The van der Waals surface area contributed by atoms with E-state index in [4.69, 9.17) is 16.3 Å². The Hall–Kier alpha value is -1.07. The summed E-state index contributed by atoms with van der Waals surface area (Å²) in [5, 5.41) is 2.57. The van der Waals surface area contributed by atoms with Gasteiger partial charge < -0.3 is 10.1 Å². The molecular formula is C10H12ClNO3S. The number of rotatable bonds is 4.